The maximum Gasteiger partial charge on any atom is 0.124 e. The van der Waals surface area contributed by atoms with Crippen molar-refractivity contribution in [2.45, 2.75) is 20.1 Å². The summed E-state index contributed by atoms with van der Waals surface area (Å²) in [7, 11) is 0. The Hall–Kier alpha value is -1.68. The molecule has 0 saturated carbocycles. The second-order valence-electron chi connectivity index (χ2n) is 5.94. The third kappa shape index (κ3) is 4.94. The summed E-state index contributed by atoms with van der Waals surface area (Å²) in [6, 6.07) is 19.5. The third-order valence-electron chi connectivity index (χ3n) is 4.03. The van der Waals surface area contributed by atoms with E-state index in [9.17, 15) is 0 Å². The molecule has 0 aromatic heterocycles. The molecule has 0 fully saturated rings. The summed E-state index contributed by atoms with van der Waals surface area (Å²) in [4.78, 5) is 0. The third-order valence-corrected chi connectivity index (χ3v) is 5.13. The van der Waals surface area contributed by atoms with Crippen molar-refractivity contribution >= 4 is 44.8 Å². The van der Waals surface area contributed by atoms with E-state index in [0.717, 1.165) is 32.6 Å². The smallest absolute Gasteiger partial charge is 0.124 e. The first kappa shape index (κ1) is 19.1. The van der Waals surface area contributed by atoms with Crippen LogP contribution in [0.4, 0.5) is 5.69 Å². The van der Waals surface area contributed by atoms with Crippen molar-refractivity contribution in [3.63, 3.8) is 0 Å². The Bertz CT molecular complexity index is 914. The number of nitrogens with one attached hydrogen (secondary N) is 1. The van der Waals surface area contributed by atoms with Gasteiger partial charge >= 0.3 is 0 Å². The van der Waals surface area contributed by atoms with Gasteiger partial charge in [0.2, 0.25) is 0 Å². The highest BCUT2D eigenvalue weighted by Crippen LogP contribution is 2.27. The summed E-state index contributed by atoms with van der Waals surface area (Å²) < 4.78 is 7.03. The van der Waals surface area contributed by atoms with Crippen LogP contribution < -0.4 is 10.1 Å². The predicted molar refractivity (Wildman–Crippen MR) is 113 cm³/mol. The molecule has 0 spiro atoms. The first-order valence-corrected chi connectivity index (χ1v) is 9.72. The van der Waals surface area contributed by atoms with Crippen LogP contribution in [0.5, 0.6) is 5.75 Å². The van der Waals surface area contributed by atoms with Crippen LogP contribution in [0.1, 0.15) is 16.7 Å². The van der Waals surface area contributed by atoms with Gasteiger partial charge < -0.3 is 10.1 Å². The molecule has 0 atom stereocenters. The van der Waals surface area contributed by atoms with E-state index in [4.69, 9.17) is 27.9 Å². The Kier molecular flexibility index (Phi) is 6.47. The number of hydrogen-bond donors (Lipinski definition) is 1. The Morgan fingerprint density at radius 2 is 1.77 bits per heavy atom. The number of rotatable bonds is 6. The zero-order valence-corrected chi connectivity index (χ0v) is 17.3. The highest BCUT2D eigenvalue weighted by molar-refractivity contribution is 9.10. The minimum atomic E-state index is 0.421. The molecule has 1 N–H and O–H groups in total. The lowest BCUT2D eigenvalue weighted by molar-refractivity contribution is 0.303. The van der Waals surface area contributed by atoms with Crippen molar-refractivity contribution in [1.29, 1.82) is 0 Å². The van der Waals surface area contributed by atoms with Crippen molar-refractivity contribution in [2.75, 3.05) is 5.32 Å². The SMILES string of the molecule is Cc1ccc(Cl)cc1NCc1cc(Br)ccc1OCc1ccccc1Cl. The van der Waals surface area contributed by atoms with Crippen molar-refractivity contribution in [3.8, 4) is 5.75 Å². The fraction of sp³-hybridized carbons (Fsp3) is 0.143. The second-order valence-corrected chi connectivity index (χ2v) is 7.70. The van der Waals surface area contributed by atoms with Crippen LogP contribution in [-0.4, -0.2) is 0 Å². The molecule has 0 aliphatic rings. The molecular formula is C21H18BrCl2NO. The minimum absolute atomic E-state index is 0.421. The van der Waals surface area contributed by atoms with Crippen molar-refractivity contribution in [1.82, 2.24) is 0 Å². The Morgan fingerprint density at radius 3 is 2.58 bits per heavy atom. The molecule has 5 heteroatoms. The monoisotopic (exact) mass is 449 g/mol. The van der Waals surface area contributed by atoms with Crippen LogP contribution >= 0.6 is 39.1 Å². The summed E-state index contributed by atoms with van der Waals surface area (Å²) in [5, 5.41) is 4.85. The van der Waals surface area contributed by atoms with E-state index in [0.29, 0.717) is 23.2 Å². The standard InChI is InChI=1S/C21H18BrCl2NO/c1-14-6-8-18(23)11-20(14)25-12-16-10-17(22)7-9-21(16)26-13-15-4-2-3-5-19(15)24/h2-11,25H,12-13H2,1H3. The van der Waals surface area contributed by atoms with Crippen molar-refractivity contribution < 1.29 is 4.74 Å². The van der Waals surface area contributed by atoms with E-state index in [1.165, 1.54) is 0 Å². The molecule has 26 heavy (non-hydrogen) atoms. The van der Waals surface area contributed by atoms with Crippen LogP contribution in [0, 0.1) is 6.92 Å². The van der Waals surface area contributed by atoms with Gasteiger partial charge in [-0.1, -0.05) is 63.4 Å². The molecule has 0 unspecified atom stereocenters. The van der Waals surface area contributed by atoms with Crippen molar-refractivity contribution in [2.24, 2.45) is 0 Å². The fourth-order valence-electron chi connectivity index (χ4n) is 2.57. The van der Waals surface area contributed by atoms with Gasteiger partial charge in [-0.3, -0.25) is 0 Å². The molecular weight excluding hydrogens is 433 g/mol. The molecule has 0 heterocycles. The Labute approximate surface area is 172 Å². The zero-order valence-electron chi connectivity index (χ0n) is 14.2. The molecule has 0 bridgehead atoms. The number of anilines is 1. The van der Waals surface area contributed by atoms with Gasteiger partial charge in [-0.2, -0.15) is 0 Å². The highest BCUT2D eigenvalue weighted by Gasteiger charge is 2.08. The lowest BCUT2D eigenvalue weighted by Gasteiger charge is -2.15. The molecule has 0 amide bonds. The number of aryl methyl sites for hydroxylation is 1. The van der Waals surface area contributed by atoms with Gasteiger partial charge in [-0.15, -0.1) is 0 Å². The van der Waals surface area contributed by atoms with Crippen LogP contribution in [0.2, 0.25) is 10.0 Å². The summed E-state index contributed by atoms with van der Waals surface area (Å²) in [6.45, 7) is 3.09. The van der Waals surface area contributed by atoms with Gasteiger partial charge in [0.05, 0.1) is 0 Å². The summed E-state index contributed by atoms with van der Waals surface area (Å²) in [5.74, 6) is 0.820. The maximum absolute atomic E-state index is 6.22. The van der Waals surface area contributed by atoms with Gasteiger partial charge in [0, 0.05) is 37.9 Å². The topological polar surface area (TPSA) is 21.3 Å². The Morgan fingerprint density at radius 1 is 0.962 bits per heavy atom. The quantitative estimate of drug-likeness (QED) is 0.426. The lowest BCUT2D eigenvalue weighted by Crippen LogP contribution is -2.05. The van der Waals surface area contributed by atoms with Gasteiger partial charge in [0.15, 0.2) is 0 Å². The van der Waals surface area contributed by atoms with Gasteiger partial charge in [0.1, 0.15) is 12.4 Å². The molecule has 134 valence electrons. The molecule has 0 saturated heterocycles. The largest absolute Gasteiger partial charge is 0.488 e. The molecule has 0 aliphatic heterocycles. The molecule has 3 rings (SSSR count). The summed E-state index contributed by atoms with van der Waals surface area (Å²) in [6.07, 6.45) is 0. The predicted octanol–water partition coefficient (Wildman–Crippen LogP) is 7.26. The van der Waals surface area contributed by atoms with Crippen molar-refractivity contribution in [3.05, 3.63) is 91.9 Å². The van der Waals surface area contributed by atoms with Gasteiger partial charge in [-0.05, 0) is 48.9 Å². The number of hydrogen-bond acceptors (Lipinski definition) is 2. The first-order chi connectivity index (χ1) is 12.5. The fourth-order valence-corrected chi connectivity index (χ4v) is 3.34. The summed E-state index contributed by atoms with van der Waals surface area (Å²) in [5.41, 5.74) is 4.16. The normalized spacial score (nSPS) is 10.6. The lowest BCUT2D eigenvalue weighted by atomic mass is 10.1. The zero-order chi connectivity index (χ0) is 18.5. The van der Waals surface area contributed by atoms with Gasteiger partial charge in [0.25, 0.3) is 0 Å². The van der Waals surface area contributed by atoms with Crippen LogP contribution in [-0.2, 0) is 13.2 Å². The minimum Gasteiger partial charge on any atom is -0.488 e. The Balaban J connectivity index is 1.75. The highest BCUT2D eigenvalue weighted by atomic mass is 79.9. The van der Waals surface area contributed by atoms with Crippen LogP contribution in [0.25, 0.3) is 0 Å². The molecule has 3 aromatic rings. The van der Waals surface area contributed by atoms with E-state index in [-0.39, 0.29) is 0 Å². The maximum atomic E-state index is 6.22. The number of ether oxygens (including phenoxy) is 1. The van der Waals surface area contributed by atoms with E-state index >= 15 is 0 Å². The van der Waals surface area contributed by atoms with E-state index < -0.39 is 0 Å². The number of benzene rings is 3. The first-order valence-electron chi connectivity index (χ1n) is 8.17. The second kappa shape index (κ2) is 8.81. The van der Waals surface area contributed by atoms with E-state index in [2.05, 4.69) is 27.3 Å². The molecule has 2 nitrogen and oxygen atoms in total. The van der Waals surface area contributed by atoms with Gasteiger partial charge in [-0.25, -0.2) is 0 Å². The summed E-state index contributed by atoms with van der Waals surface area (Å²) >= 11 is 15.9. The van der Waals surface area contributed by atoms with E-state index in [1.807, 2.05) is 61.5 Å². The average Bonchev–Trinajstić information content (AvgIpc) is 2.63. The van der Waals surface area contributed by atoms with E-state index in [1.54, 1.807) is 0 Å². The van der Waals surface area contributed by atoms with Crippen LogP contribution in [0.3, 0.4) is 0 Å². The average molecular weight is 451 g/mol. The molecule has 3 aromatic carbocycles. The molecule has 0 aliphatic carbocycles. The number of halogens is 3. The van der Waals surface area contributed by atoms with Crippen LogP contribution in [0.15, 0.2) is 65.1 Å². The molecule has 0 radical (unpaired) electrons.